The molecule has 0 spiro atoms. The van der Waals surface area contributed by atoms with Crippen LogP contribution in [0, 0.1) is 17.0 Å². The van der Waals surface area contributed by atoms with Gasteiger partial charge in [-0.25, -0.2) is 8.42 Å². The Morgan fingerprint density at radius 1 is 1.43 bits per heavy atom. The predicted molar refractivity (Wildman–Crippen MR) is 72.4 cm³/mol. The van der Waals surface area contributed by atoms with Crippen molar-refractivity contribution in [2.24, 2.45) is 0 Å². The van der Waals surface area contributed by atoms with Gasteiger partial charge in [0.1, 0.15) is 5.54 Å². The third-order valence-corrected chi connectivity index (χ3v) is 5.17. The lowest BCUT2D eigenvalue weighted by Crippen LogP contribution is -2.58. The van der Waals surface area contributed by atoms with Gasteiger partial charge in [-0.1, -0.05) is 6.07 Å². The highest BCUT2D eigenvalue weighted by Crippen LogP contribution is 2.34. The van der Waals surface area contributed by atoms with E-state index < -0.39 is 26.5 Å². The predicted octanol–water partition coefficient (Wildman–Crippen LogP) is 1.19. The molecule has 1 aliphatic rings. The zero-order chi connectivity index (χ0) is 15.8. The number of benzene rings is 1. The molecule has 0 heterocycles. The second-order valence-electron chi connectivity index (χ2n) is 5.05. The number of carbonyl (C=O) groups is 1. The zero-order valence-electron chi connectivity index (χ0n) is 11.2. The van der Waals surface area contributed by atoms with Gasteiger partial charge in [0.2, 0.25) is 10.0 Å². The van der Waals surface area contributed by atoms with Crippen molar-refractivity contribution in [3.05, 3.63) is 33.9 Å². The van der Waals surface area contributed by atoms with Crippen LogP contribution in [0.3, 0.4) is 0 Å². The molecule has 9 heteroatoms. The molecule has 0 bridgehead atoms. The Kier molecular flexibility index (Phi) is 3.72. The van der Waals surface area contributed by atoms with Gasteiger partial charge < -0.3 is 5.11 Å². The molecule has 0 unspecified atom stereocenters. The van der Waals surface area contributed by atoms with Gasteiger partial charge in [0, 0.05) is 11.6 Å². The first-order chi connectivity index (χ1) is 9.68. The number of nitro groups is 1. The Balaban J connectivity index is 2.38. The van der Waals surface area contributed by atoms with Crippen LogP contribution in [0.1, 0.15) is 24.8 Å². The second kappa shape index (κ2) is 5.08. The number of sulfonamides is 1. The van der Waals surface area contributed by atoms with Crippen molar-refractivity contribution in [3.63, 3.8) is 0 Å². The number of nitro benzene ring substituents is 1. The van der Waals surface area contributed by atoms with Crippen LogP contribution >= 0.6 is 0 Å². The Morgan fingerprint density at radius 2 is 2.05 bits per heavy atom. The Bertz CT molecular complexity index is 708. The number of hydrogen-bond acceptors (Lipinski definition) is 5. The summed E-state index contributed by atoms with van der Waals surface area (Å²) >= 11 is 0. The van der Waals surface area contributed by atoms with Crippen molar-refractivity contribution >= 4 is 21.7 Å². The summed E-state index contributed by atoms with van der Waals surface area (Å²) in [5.41, 5.74) is -1.50. The van der Waals surface area contributed by atoms with E-state index in [4.69, 9.17) is 5.11 Å². The molecule has 1 aromatic carbocycles. The third kappa shape index (κ3) is 2.74. The standard InChI is InChI=1S/C12H14N2O6S/c1-8-3-4-9(7-10(8)14(17)18)21(19,20)13-12(11(15)16)5-2-6-12/h3-4,7,13H,2,5-6H2,1H3,(H,15,16). The van der Waals surface area contributed by atoms with E-state index in [0.29, 0.717) is 12.0 Å². The Labute approximate surface area is 121 Å². The molecule has 2 N–H and O–H groups in total. The van der Waals surface area contributed by atoms with Crippen LogP contribution in [0.5, 0.6) is 0 Å². The van der Waals surface area contributed by atoms with Crippen LogP contribution < -0.4 is 4.72 Å². The summed E-state index contributed by atoms with van der Waals surface area (Å²) in [6.45, 7) is 1.49. The van der Waals surface area contributed by atoms with Gasteiger partial charge in [-0.3, -0.25) is 14.9 Å². The average molecular weight is 314 g/mol. The summed E-state index contributed by atoms with van der Waals surface area (Å²) in [5.74, 6) is -1.24. The van der Waals surface area contributed by atoms with Crippen LogP contribution in [0.4, 0.5) is 5.69 Å². The highest BCUT2D eigenvalue weighted by Gasteiger charge is 2.47. The molecule has 0 saturated heterocycles. The quantitative estimate of drug-likeness (QED) is 0.621. The fourth-order valence-corrected chi connectivity index (χ4v) is 3.60. The van der Waals surface area contributed by atoms with Gasteiger partial charge in [0.15, 0.2) is 0 Å². The molecule has 1 aliphatic carbocycles. The molecule has 1 fully saturated rings. The zero-order valence-corrected chi connectivity index (χ0v) is 12.0. The maximum atomic E-state index is 12.2. The molecule has 114 valence electrons. The molecular weight excluding hydrogens is 300 g/mol. The summed E-state index contributed by atoms with van der Waals surface area (Å²) in [7, 11) is -4.13. The molecule has 0 atom stereocenters. The van der Waals surface area contributed by atoms with Crippen molar-refractivity contribution < 1.29 is 23.2 Å². The third-order valence-electron chi connectivity index (χ3n) is 3.63. The monoisotopic (exact) mass is 314 g/mol. The number of aliphatic carboxylic acids is 1. The van der Waals surface area contributed by atoms with Crippen molar-refractivity contribution in [1.29, 1.82) is 0 Å². The number of carboxylic acid groups (broad SMARTS) is 1. The van der Waals surface area contributed by atoms with Gasteiger partial charge in [0.25, 0.3) is 5.69 Å². The van der Waals surface area contributed by atoms with Gasteiger partial charge >= 0.3 is 5.97 Å². The number of rotatable bonds is 5. The first kappa shape index (κ1) is 15.4. The summed E-state index contributed by atoms with van der Waals surface area (Å²) in [6.07, 6.45) is 1.02. The molecule has 2 rings (SSSR count). The van der Waals surface area contributed by atoms with E-state index in [2.05, 4.69) is 4.72 Å². The molecule has 0 aromatic heterocycles. The maximum Gasteiger partial charge on any atom is 0.324 e. The van der Waals surface area contributed by atoms with Gasteiger partial charge in [-0.2, -0.15) is 4.72 Å². The van der Waals surface area contributed by atoms with E-state index in [1.807, 2.05) is 0 Å². The van der Waals surface area contributed by atoms with Crippen LogP contribution in [0.15, 0.2) is 23.1 Å². The van der Waals surface area contributed by atoms with Gasteiger partial charge in [-0.15, -0.1) is 0 Å². The fourth-order valence-electron chi connectivity index (χ4n) is 2.16. The van der Waals surface area contributed by atoms with Gasteiger partial charge in [-0.05, 0) is 32.3 Å². The normalized spacial score (nSPS) is 17.0. The van der Waals surface area contributed by atoms with Crippen molar-refractivity contribution in [1.82, 2.24) is 4.72 Å². The topological polar surface area (TPSA) is 127 Å². The minimum absolute atomic E-state index is 0.204. The molecule has 0 aliphatic heterocycles. The summed E-state index contributed by atoms with van der Waals surface area (Å²) in [6, 6.07) is 3.48. The van der Waals surface area contributed by atoms with Crippen LogP contribution in [-0.4, -0.2) is 30.0 Å². The van der Waals surface area contributed by atoms with E-state index in [1.54, 1.807) is 0 Å². The molecular formula is C12H14N2O6S. The molecule has 1 saturated carbocycles. The summed E-state index contributed by atoms with van der Waals surface area (Å²) in [5, 5.41) is 20.0. The number of hydrogen-bond donors (Lipinski definition) is 2. The second-order valence-corrected chi connectivity index (χ2v) is 6.73. The maximum absolute atomic E-state index is 12.2. The van der Waals surface area contributed by atoms with E-state index in [0.717, 1.165) is 6.07 Å². The molecule has 8 nitrogen and oxygen atoms in total. The summed E-state index contributed by atoms with van der Waals surface area (Å²) in [4.78, 5) is 21.1. The van der Waals surface area contributed by atoms with Crippen molar-refractivity contribution in [2.45, 2.75) is 36.6 Å². The number of aryl methyl sites for hydroxylation is 1. The number of carboxylic acids is 1. The largest absolute Gasteiger partial charge is 0.480 e. The molecule has 0 radical (unpaired) electrons. The first-order valence-corrected chi connectivity index (χ1v) is 7.69. The first-order valence-electron chi connectivity index (χ1n) is 6.20. The number of nitrogens with zero attached hydrogens (tertiary/aromatic N) is 1. The van der Waals surface area contributed by atoms with E-state index in [-0.39, 0.29) is 23.4 Å². The Hall–Kier alpha value is -2.00. The smallest absolute Gasteiger partial charge is 0.324 e. The molecule has 1 aromatic rings. The highest BCUT2D eigenvalue weighted by atomic mass is 32.2. The lowest BCUT2D eigenvalue weighted by Gasteiger charge is -2.37. The van der Waals surface area contributed by atoms with Crippen LogP contribution in [0.25, 0.3) is 0 Å². The minimum atomic E-state index is -4.13. The van der Waals surface area contributed by atoms with Crippen LogP contribution in [-0.2, 0) is 14.8 Å². The van der Waals surface area contributed by atoms with Crippen LogP contribution in [0.2, 0.25) is 0 Å². The minimum Gasteiger partial charge on any atom is -0.480 e. The lowest BCUT2D eigenvalue weighted by molar-refractivity contribution is -0.385. The van der Waals surface area contributed by atoms with Gasteiger partial charge in [0.05, 0.1) is 9.82 Å². The van der Waals surface area contributed by atoms with Crippen molar-refractivity contribution in [2.75, 3.05) is 0 Å². The lowest BCUT2D eigenvalue weighted by atomic mass is 9.78. The fraction of sp³-hybridized carbons (Fsp3) is 0.417. The molecule has 21 heavy (non-hydrogen) atoms. The summed E-state index contributed by atoms with van der Waals surface area (Å²) < 4.78 is 26.6. The number of nitrogens with one attached hydrogen (secondary N) is 1. The van der Waals surface area contributed by atoms with E-state index >= 15 is 0 Å². The van der Waals surface area contributed by atoms with Crippen molar-refractivity contribution in [3.8, 4) is 0 Å². The Morgan fingerprint density at radius 3 is 2.48 bits per heavy atom. The molecule has 0 amide bonds. The highest BCUT2D eigenvalue weighted by molar-refractivity contribution is 7.89. The SMILES string of the molecule is Cc1ccc(S(=O)(=O)NC2(C(=O)O)CCC2)cc1[N+](=O)[O-]. The van der Waals surface area contributed by atoms with E-state index in [9.17, 15) is 23.3 Å². The van der Waals surface area contributed by atoms with E-state index in [1.165, 1.54) is 19.1 Å². The average Bonchev–Trinajstić information content (AvgIpc) is 2.33.